The zero-order chi connectivity index (χ0) is 14.4. The Morgan fingerprint density at radius 1 is 1.20 bits per heavy atom. The molecule has 20 heavy (non-hydrogen) atoms. The molecule has 2 fully saturated rings. The number of nitrogens with zero attached hydrogens (tertiary/aromatic N) is 2. The molecule has 1 unspecified atom stereocenters. The molecule has 2 aliphatic heterocycles. The summed E-state index contributed by atoms with van der Waals surface area (Å²) in [7, 11) is 1.72. The third-order valence-electron chi connectivity index (χ3n) is 4.84. The summed E-state index contributed by atoms with van der Waals surface area (Å²) in [5.74, 6) is -0.740. The Bertz CT molecular complexity index is 297. The van der Waals surface area contributed by atoms with Gasteiger partial charge in [0.15, 0.2) is 0 Å². The topological polar surface area (TPSA) is 55.8 Å². The largest absolute Gasteiger partial charge is 0.480 e. The highest BCUT2D eigenvalue weighted by Crippen LogP contribution is 2.20. The summed E-state index contributed by atoms with van der Waals surface area (Å²) in [5.41, 5.74) is 0. The average molecular weight is 283 g/mol. The minimum Gasteiger partial charge on any atom is -0.480 e. The Hall–Kier alpha value is -0.650. The summed E-state index contributed by atoms with van der Waals surface area (Å²) in [6.45, 7) is 5.70. The SMILES string of the molecule is CNC(CCN1CCC(N2CCCCC2)CC1)C(=O)O. The van der Waals surface area contributed by atoms with E-state index in [9.17, 15) is 4.79 Å². The molecule has 2 saturated heterocycles. The van der Waals surface area contributed by atoms with Crippen LogP contribution >= 0.6 is 0 Å². The Balaban J connectivity index is 1.67. The molecule has 1 atom stereocenters. The predicted octanol–water partition coefficient (Wildman–Crippen LogP) is 0.999. The minimum atomic E-state index is -0.740. The molecule has 2 heterocycles. The monoisotopic (exact) mass is 283 g/mol. The van der Waals surface area contributed by atoms with Crippen molar-refractivity contribution in [2.75, 3.05) is 39.8 Å². The van der Waals surface area contributed by atoms with Gasteiger partial charge in [-0.25, -0.2) is 0 Å². The van der Waals surface area contributed by atoms with Gasteiger partial charge in [0.1, 0.15) is 6.04 Å². The number of hydrogen-bond donors (Lipinski definition) is 2. The minimum absolute atomic E-state index is 0.408. The summed E-state index contributed by atoms with van der Waals surface area (Å²) in [5, 5.41) is 11.9. The number of carbonyl (C=O) groups is 1. The average Bonchev–Trinajstić information content (AvgIpc) is 2.49. The van der Waals surface area contributed by atoms with E-state index in [1.807, 2.05) is 0 Å². The molecular weight excluding hydrogens is 254 g/mol. The molecule has 2 aliphatic rings. The van der Waals surface area contributed by atoms with Gasteiger partial charge in [-0.05, 0) is 65.3 Å². The van der Waals surface area contributed by atoms with Crippen molar-refractivity contribution >= 4 is 5.97 Å². The van der Waals surface area contributed by atoms with Crippen molar-refractivity contribution in [2.45, 2.75) is 50.6 Å². The molecule has 0 aromatic heterocycles. The standard InChI is InChI=1S/C15H29N3O2/c1-16-14(15(19)20)7-12-17-10-5-13(6-11-17)18-8-3-2-4-9-18/h13-14,16H,2-12H2,1H3,(H,19,20). The van der Waals surface area contributed by atoms with Crippen molar-refractivity contribution in [1.82, 2.24) is 15.1 Å². The van der Waals surface area contributed by atoms with Crippen LogP contribution in [0.1, 0.15) is 38.5 Å². The van der Waals surface area contributed by atoms with Gasteiger partial charge in [-0.3, -0.25) is 4.79 Å². The molecule has 0 aliphatic carbocycles. The van der Waals surface area contributed by atoms with E-state index in [1.54, 1.807) is 7.05 Å². The number of piperidine rings is 2. The smallest absolute Gasteiger partial charge is 0.320 e. The molecule has 0 radical (unpaired) electrons. The first-order valence-electron chi connectivity index (χ1n) is 8.07. The zero-order valence-corrected chi connectivity index (χ0v) is 12.7. The molecular formula is C15H29N3O2. The predicted molar refractivity (Wildman–Crippen MR) is 80.0 cm³/mol. The maximum atomic E-state index is 11.0. The van der Waals surface area contributed by atoms with Gasteiger partial charge in [0, 0.05) is 12.6 Å². The van der Waals surface area contributed by atoms with E-state index in [4.69, 9.17) is 5.11 Å². The van der Waals surface area contributed by atoms with Gasteiger partial charge in [-0.2, -0.15) is 0 Å². The zero-order valence-electron chi connectivity index (χ0n) is 12.7. The second kappa shape index (κ2) is 7.96. The number of carboxylic acid groups (broad SMARTS) is 1. The van der Waals surface area contributed by atoms with Crippen molar-refractivity contribution in [1.29, 1.82) is 0 Å². The first-order chi connectivity index (χ1) is 9.70. The fourth-order valence-electron chi connectivity index (χ4n) is 3.49. The summed E-state index contributed by atoms with van der Waals surface area (Å²) >= 11 is 0. The Kier molecular flexibility index (Phi) is 6.26. The van der Waals surface area contributed by atoms with E-state index in [0.29, 0.717) is 6.42 Å². The molecule has 0 spiro atoms. The molecule has 0 bridgehead atoms. The normalized spacial score (nSPS) is 24.6. The van der Waals surface area contributed by atoms with Crippen LogP contribution in [-0.4, -0.2) is 72.7 Å². The highest BCUT2D eigenvalue weighted by atomic mass is 16.4. The van der Waals surface area contributed by atoms with E-state index in [2.05, 4.69) is 15.1 Å². The molecule has 2 rings (SSSR count). The van der Waals surface area contributed by atoms with Gasteiger partial charge in [0.25, 0.3) is 0 Å². The number of likely N-dealkylation sites (tertiary alicyclic amines) is 2. The lowest BCUT2D eigenvalue weighted by molar-refractivity contribution is -0.139. The van der Waals surface area contributed by atoms with Crippen LogP contribution in [0.5, 0.6) is 0 Å². The lowest BCUT2D eigenvalue weighted by Gasteiger charge is -2.40. The number of carboxylic acids is 1. The van der Waals surface area contributed by atoms with Crippen molar-refractivity contribution in [2.24, 2.45) is 0 Å². The van der Waals surface area contributed by atoms with E-state index >= 15 is 0 Å². The summed E-state index contributed by atoms with van der Waals surface area (Å²) in [4.78, 5) is 16.1. The van der Waals surface area contributed by atoms with Crippen molar-refractivity contribution in [3.63, 3.8) is 0 Å². The maximum absolute atomic E-state index is 11.0. The highest BCUT2D eigenvalue weighted by Gasteiger charge is 2.26. The van der Waals surface area contributed by atoms with Crippen LogP contribution in [0, 0.1) is 0 Å². The number of aliphatic carboxylic acids is 1. The summed E-state index contributed by atoms with van der Waals surface area (Å²) in [6, 6.07) is 0.362. The summed E-state index contributed by atoms with van der Waals surface area (Å²) < 4.78 is 0. The lowest BCUT2D eigenvalue weighted by atomic mass is 9.99. The number of hydrogen-bond acceptors (Lipinski definition) is 4. The van der Waals surface area contributed by atoms with Gasteiger partial charge in [0.2, 0.25) is 0 Å². The maximum Gasteiger partial charge on any atom is 0.320 e. The van der Waals surface area contributed by atoms with Crippen molar-refractivity contribution in [3.05, 3.63) is 0 Å². The molecule has 0 amide bonds. The van der Waals surface area contributed by atoms with E-state index in [-0.39, 0.29) is 0 Å². The molecule has 116 valence electrons. The third kappa shape index (κ3) is 4.43. The quantitative estimate of drug-likeness (QED) is 0.761. The lowest BCUT2D eigenvalue weighted by Crippen LogP contribution is -2.47. The Morgan fingerprint density at radius 2 is 1.85 bits per heavy atom. The number of likely N-dealkylation sites (N-methyl/N-ethyl adjacent to an activating group) is 1. The second-order valence-corrected chi connectivity index (χ2v) is 6.14. The molecule has 2 N–H and O–H groups in total. The highest BCUT2D eigenvalue weighted by molar-refractivity contribution is 5.73. The first-order valence-corrected chi connectivity index (χ1v) is 8.07. The van der Waals surface area contributed by atoms with Gasteiger partial charge in [-0.1, -0.05) is 6.42 Å². The van der Waals surface area contributed by atoms with Crippen LogP contribution in [0.4, 0.5) is 0 Å². The van der Waals surface area contributed by atoms with Crippen LogP contribution in [0.15, 0.2) is 0 Å². The van der Waals surface area contributed by atoms with Crippen LogP contribution in [0.3, 0.4) is 0 Å². The molecule has 5 nitrogen and oxygen atoms in total. The van der Waals surface area contributed by atoms with E-state index in [1.165, 1.54) is 45.2 Å². The van der Waals surface area contributed by atoms with Gasteiger partial charge in [0.05, 0.1) is 0 Å². The molecule has 0 aromatic carbocycles. The van der Waals surface area contributed by atoms with Crippen molar-refractivity contribution in [3.8, 4) is 0 Å². The number of nitrogens with one attached hydrogen (secondary N) is 1. The fraction of sp³-hybridized carbons (Fsp3) is 0.933. The van der Waals surface area contributed by atoms with Crippen LogP contribution < -0.4 is 5.32 Å². The van der Waals surface area contributed by atoms with Gasteiger partial charge >= 0.3 is 5.97 Å². The summed E-state index contributed by atoms with van der Waals surface area (Å²) in [6.07, 6.45) is 7.32. The fourth-order valence-corrected chi connectivity index (χ4v) is 3.49. The molecule has 5 heteroatoms. The molecule has 0 saturated carbocycles. The first kappa shape index (κ1) is 15.7. The Morgan fingerprint density at radius 3 is 2.40 bits per heavy atom. The third-order valence-corrected chi connectivity index (χ3v) is 4.84. The van der Waals surface area contributed by atoms with Crippen LogP contribution in [0.2, 0.25) is 0 Å². The second-order valence-electron chi connectivity index (χ2n) is 6.14. The van der Waals surface area contributed by atoms with Gasteiger partial charge < -0.3 is 20.2 Å². The van der Waals surface area contributed by atoms with Crippen molar-refractivity contribution < 1.29 is 9.90 Å². The molecule has 0 aromatic rings. The van der Waals surface area contributed by atoms with E-state index in [0.717, 1.165) is 25.7 Å². The van der Waals surface area contributed by atoms with E-state index < -0.39 is 12.0 Å². The number of rotatable bonds is 6. The van der Waals surface area contributed by atoms with Crippen LogP contribution in [-0.2, 0) is 4.79 Å². The van der Waals surface area contributed by atoms with Crippen LogP contribution in [0.25, 0.3) is 0 Å². The Labute approximate surface area is 122 Å². The van der Waals surface area contributed by atoms with Gasteiger partial charge in [-0.15, -0.1) is 0 Å².